The van der Waals surface area contributed by atoms with Crippen LogP contribution in [0.15, 0.2) is 12.7 Å². The highest BCUT2D eigenvalue weighted by Gasteiger charge is 2.05. The lowest BCUT2D eigenvalue weighted by atomic mass is 10.4. The first kappa shape index (κ1) is 11.7. The summed E-state index contributed by atoms with van der Waals surface area (Å²) in [5.41, 5.74) is 0. The summed E-state index contributed by atoms with van der Waals surface area (Å²) >= 11 is 0. The minimum Gasteiger partial charge on any atom is -0.356 e. The largest absolute Gasteiger partial charge is 0.356 e. The van der Waals surface area contributed by atoms with Crippen LogP contribution in [0.1, 0.15) is 12.8 Å². The fraction of sp³-hybridized carbons (Fsp3) is 0.556. The van der Waals surface area contributed by atoms with Crippen LogP contribution >= 0.6 is 0 Å². The first-order chi connectivity index (χ1) is 6.07. The van der Waals surface area contributed by atoms with E-state index in [9.17, 15) is 9.59 Å². The Labute approximate surface area is 78.6 Å². The van der Waals surface area contributed by atoms with Crippen LogP contribution in [-0.4, -0.2) is 37.4 Å². The topological polar surface area (TPSA) is 49.4 Å². The Morgan fingerprint density at radius 1 is 1.62 bits per heavy atom. The van der Waals surface area contributed by atoms with Gasteiger partial charge in [-0.15, -0.1) is 0 Å². The van der Waals surface area contributed by atoms with Crippen molar-refractivity contribution in [1.82, 2.24) is 10.2 Å². The molecule has 0 aliphatic carbocycles. The summed E-state index contributed by atoms with van der Waals surface area (Å²) in [6.45, 7) is 4.18. The van der Waals surface area contributed by atoms with E-state index in [1.807, 2.05) is 0 Å². The standard InChI is InChI=1S/C5H9NO.C4H7NO/c1-4-5(7)6(2)3;6-4-2-1-3-5-4/h4H,1H2,2-3H3;1-3H2,(H,5,6). The number of likely N-dealkylation sites (N-methyl/N-ethyl adjacent to an activating group) is 1. The van der Waals surface area contributed by atoms with Crippen molar-refractivity contribution in [3.8, 4) is 0 Å². The molecule has 1 saturated heterocycles. The van der Waals surface area contributed by atoms with Crippen LogP contribution in [0.3, 0.4) is 0 Å². The number of hydrogen-bond acceptors (Lipinski definition) is 2. The van der Waals surface area contributed by atoms with Gasteiger partial charge in [0.15, 0.2) is 0 Å². The molecule has 4 heteroatoms. The van der Waals surface area contributed by atoms with Crippen LogP contribution in [-0.2, 0) is 9.59 Å². The van der Waals surface area contributed by atoms with Crippen molar-refractivity contribution in [3.05, 3.63) is 12.7 Å². The van der Waals surface area contributed by atoms with Crippen molar-refractivity contribution in [2.24, 2.45) is 0 Å². The molecule has 1 N–H and O–H groups in total. The number of hydrogen-bond donors (Lipinski definition) is 1. The highest BCUT2D eigenvalue weighted by Crippen LogP contribution is 1.93. The molecule has 1 rings (SSSR count). The zero-order valence-electron chi connectivity index (χ0n) is 8.17. The Balaban J connectivity index is 0.000000223. The summed E-state index contributed by atoms with van der Waals surface area (Å²) in [6.07, 6.45) is 3.04. The first-order valence-electron chi connectivity index (χ1n) is 4.18. The number of amides is 2. The maximum atomic E-state index is 10.3. The van der Waals surface area contributed by atoms with Gasteiger partial charge in [0.25, 0.3) is 0 Å². The van der Waals surface area contributed by atoms with Crippen LogP contribution in [0.2, 0.25) is 0 Å². The number of nitrogens with zero attached hydrogens (tertiary/aromatic N) is 1. The second kappa shape index (κ2) is 6.22. The van der Waals surface area contributed by atoms with E-state index >= 15 is 0 Å². The van der Waals surface area contributed by atoms with Crippen LogP contribution < -0.4 is 5.32 Å². The molecule has 1 heterocycles. The quantitative estimate of drug-likeness (QED) is 0.590. The van der Waals surface area contributed by atoms with Crippen LogP contribution in [0, 0.1) is 0 Å². The Kier molecular flexibility index (Phi) is 5.59. The fourth-order valence-electron chi connectivity index (χ4n) is 0.748. The molecule has 1 fully saturated rings. The van der Waals surface area contributed by atoms with Crippen molar-refractivity contribution in [1.29, 1.82) is 0 Å². The molecular weight excluding hydrogens is 168 g/mol. The molecule has 13 heavy (non-hydrogen) atoms. The molecule has 2 amide bonds. The highest BCUT2D eigenvalue weighted by molar-refractivity contribution is 5.86. The van der Waals surface area contributed by atoms with Crippen molar-refractivity contribution < 1.29 is 9.59 Å². The van der Waals surface area contributed by atoms with Gasteiger partial charge in [-0.1, -0.05) is 6.58 Å². The van der Waals surface area contributed by atoms with Gasteiger partial charge in [-0.2, -0.15) is 0 Å². The smallest absolute Gasteiger partial charge is 0.245 e. The van der Waals surface area contributed by atoms with Crippen LogP contribution in [0.5, 0.6) is 0 Å². The summed E-state index contributed by atoms with van der Waals surface area (Å²) in [7, 11) is 3.37. The third-order valence-electron chi connectivity index (χ3n) is 1.52. The van der Waals surface area contributed by atoms with Gasteiger partial charge in [0, 0.05) is 27.1 Å². The normalized spacial score (nSPS) is 13.8. The summed E-state index contributed by atoms with van der Waals surface area (Å²) in [5.74, 6) is 0.148. The number of rotatable bonds is 1. The molecule has 74 valence electrons. The van der Waals surface area contributed by atoms with Gasteiger partial charge in [-0.05, 0) is 12.5 Å². The van der Waals surface area contributed by atoms with Crippen LogP contribution in [0.25, 0.3) is 0 Å². The van der Waals surface area contributed by atoms with E-state index in [0.29, 0.717) is 0 Å². The molecule has 1 aliphatic rings. The summed E-state index contributed by atoms with van der Waals surface area (Å²) in [5, 5.41) is 2.68. The summed E-state index contributed by atoms with van der Waals surface area (Å²) < 4.78 is 0. The van der Waals surface area contributed by atoms with Crippen molar-refractivity contribution in [3.63, 3.8) is 0 Å². The molecular formula is C9H16N2O2. The fourth-order valence-corrected chi connectivity index (χ4v) is 0.748. The predicted octanol–water partition coefficient (Wildman–Crippen LogP) is 0.157. The van der Waals surface area contributed by atoms with E-state index in [0.717, 1.165) is 19.4 Å². The van der Waals surface area contributed by atoms with E-state index in [1.165, 1.54) is 11.0 Å². The van der Waals surface area contributed by atoms with Gasteiger partial charge in [-0.25, -0.2) is 0 Å². The van der Waals surface area contributed by atoms with Crippen molar-refractivity contribution in [2.75, 3.05) is 20.6 Å². The molecule has 1 aliphatic heterocycles. The second-order valence-electron chi connectivity index (χ2n) is 2.89. The molecule has 0 unspecified atom stereocenters. The second-order valence-corrected chi connectivity index (χ2v) is 2.89. The lowest BCUT2D eigenvalue weighted by molar-refractivity contribution is -0.123. The van der Waals surface area contributed by atoms with Gasteiger partial charge >= 0.3 is 0 Å². The molecule has 0 bridgehead atoms. The van der Waals surface area contributed by atoms with Gasteiger partial charge in [0.1, 0.15) is 0 Å². The molecule has 0 spiro atoms. The van der Waals surface area contributed by atoms with Crippen LogP contribution in [0.4, 0.5) is 0 Å². The number of carbonyl (C=O) groups excluding carboxylic acids is 2. The third kappa shape index (κ3) is 5.90. The molecule has 0 aromatic heterocycles. The minimum absolute atomic E-state index is 0.0556. The lowest BCUT2D eigenvalue weighted by Crippen LogP contribution is -2.18. The Morgan fingerprint density at radius 3 is 2.31 bits per heavy atom. The monoisotopic (exact) mass is 184 g/mol. The van der Waals surface area contributed by atoms with Gasteiger partial charge < -0.3 is 10.2 Å². The average Bonchev–Trinajstić information content (AvgIpc) is 2.55. The molecule has 0 atom stereocenters. The SMILES string of the molecule is C=CC(=O)N(C)C.O=C1CCCN1. The van der Waals surface area contributed by atoms with E-state index in [-0.39, 0.29) is 11.8 Å². The van der Waals surface area contributed by atoms with Gasteiger partial charge in [-0.3, -0.25) is 9.59 Å². The molecule has 0 aromatic carbocycles. The molecule has 0 saturated carbocycles. The third-order valence-corrected chi connectivity index (χ3v) is 1.52. The molecule has 0 radical (unpaired) electrons. The zero-order valence-corrected chi connectivity index (χ0v) is 8.17. The zero-order chi connectivity index (χ0) is 10.3. The highest BCUT2D eigenvalue weighted by atomic mass is 16.2. The summed E-state index contributed by atoms with van der Waals surface area (Å²) in [4.78, 5) is 21.9. The molecule has 0 aromatic rings. The number of nitrogens with one attached hydrogen (secondary N) is 1. The van der Waals surface area contributed by atoms with Gasteiger partial charge in [0.05, 0.1) is 0 Å². The maximum absolute atomic E-state index is 10.3. The van der Waals surface area contributed by atoms with E-state index < -0.39 is 0 Å². The van der Waals surface area contributed by atoms with E-state index in [1.54, 1.807) is 14.1 Å². The Hall–Kier alpha value is -1.32. The first-order valence-corrected chi connectivity index (χ1v) is 4.18. The van der Waals surface area contributed by atoms with E-state index in [2.05, 4.69) is 11.9 Å². The van der Waals surface area contributed by atoms with Crippen molar-refractivity contribution >= 4 is 11.8 Å². The predicted molar refractivity (Wildman–Crippen MR) is 51.1 cm³/mol. The Morgan fingerprint density at radius 2 is 2.23 bits per heavy atom. The summed E-state index contributed by atoms with van der Waals surface area (Å²) in [6, 6.07) is 0. The van der Waals surface area contributed by atoms with E-state index in [4.69, 9.17) is 0 Å². The molecule has 4 nitrogen and oxygen atoms in total. The maximum Gasteiger partial charge on any atom is 0.245 e. The minimum atomic E-state index is -0.0556. The lowest BCUT2D eigenvalue weighted by Gasteiger charge is -2.03. The van der Waals surface area contributed by atoms with Gasteiger partial charge in [0.2, 0.25) is 11.8 Å². The average molecular weight is 184 g/mol. The Bertz CT molecular complexity index is 192. The number of carbonyl (C=O) groups is 2. The van der Waals surface area contributed by atoms with Crippen molar-refractivity contribution in [2.45, 2.75) is 12.8 Å².